The Bertz CT molecular complexity index is 517. The molecule has 2 rings (SSSR count). The Balaban J connectivity index is 2.01. The second-order valence-corrected chi connectivity index (χ2v) is 4.36. The van der Waals surface area contributed by atoms with Crippen LogP contribution in [0.1, 0.15) is 13.3 Å². The van der Waals surface area contributed by atoms with Crippen LogP contribution in [0.3, 0.4) is 0 Å². The molecule has 1 saturated heterocycles. The minimum atomic E-state index is -0.854. The number of amides is 3. The van der Waals surface area contributed by atoms with Gasteiger partial charge in [0.1, 0.15) is 12.6 Å². The molecule has 1 fully saturated rings. The number of hydrogen-bond acceptors (Lipinski definition) is 4. The van der Waals surface area contributed by atoms with E-state index in [0.29, 0.717) is 5.57 Å². The van der Waals surface area contributed by atoms with E-state index in [0.717, 1.165) is 12.0 Å². The van der Waals surface area contributed by atoms with Crippen LogP contribution in [0.15, 0.2) is 35.5 Å². The average Bonchev–Trinajstić information content (AvgIpc) is 2.57. The van der Waals surface area contributed by atoms with E-state index in [1.54, 1.807) is 12.2 Å². The maximum Gasteiger partial charge on any atom is 0.413 e. The summed E-state index contributed by atoms with van der Waals surface area (Å²) in [6.45, 7) is 1.82. The molecule has 1 heterocycles. The fourth-order valence-electron chi connectivity index (χ4n) is 1.69. The molecule has 2 N–H and O–H groups in total. The maximum absolute atomic E-state index is 12.0. The van der Waals surface area contributed by atoms with Crippen LogP contribution in [0.5, 0.6) is 0 Å². The molecule has 0 spiro atoms. The molecule has 1 unspecified atom stereocenters. The fraction of sp³-hybridized carbons (Fsp3) is 0.308. The number of carbonyl (C=O) groups is 3. The van der Waals surface area contributed by atoms with Crippen molar-refractivity contribution in [1.29, 1.82) is 0 Å². The molecule has 3 amide bonds. The number of ether oxygens (including phenoxy) is 1. The van der Waals surface area contributed by atoms with Gasteiger partial charge in [-0.3, -0.25) is 14.9 Å². The third-order valence-corrected chi connectivity index (χ3v) is 2.78. The summed E-state index contributed by atoms with van der Waals surface area (Å²) < 4.78 is 4.66. The molecule has 0 aromatic rings. The second kappa shape index (κ2) is 5.51. The van der Waals surface area contributed by atoms with Gasteiger partial charge >= 0.3 is 6.09 Å². The van der Waals surface area contributed by atoms with Crippen LogP contribution in [0, 0.1) is 0 Å². The van der Waals surface area contributed by atoms with Gasteiger partial charge in [-0.2, -0.15) is 0 Å². The number of nitrogens with one attached hydrogen (secondary N) is 2. The topological polar surface area (TPSA) is 84.5 Å². The molecule has 0 bridgehead atoms. The smallest absolute Gasteiger partial charge is 0.413 e. The normalized spacial score (nSPS) is 22.7. The molecule has 100 valence electrons. The Kier molecular flexibility index (Phi) is 3.79. The van der Waals surface area contributed by atoms with Gasteiger partial charge in [-0.15, -0.1) is 0 Å². The second-order valence-electron chi connectivity index (χ2n) is 4.36. The van der Waals surface area contributed by atoms with E-state index in [-0.39, 0.29) is 12.5 Å². The summed E-state index contributed by atoms with van der Waals surface area (Å²) in [6.07, 6.45) is 7.13. The van der Waals surface area contributed by atoms with E-state index < -0.39 is 18.0 Å². The van der Waals surface area contributed by atoms with Crippen molar-refractivity contribution >= 4 is 17.9 Å². The largest absolute Gasteiger partial charge is 0.446 e. The molecule has 1 aliphatic heterocycles. The van der Waals surface area contributed by atoms with Crippen molar-refractivity contribution in [3.63, 3.8) is 0 Å². The number of rotatable bonds is 2. The Labute approximate surface area is 110 Å². The summed E-state index contributed by atoms with van der Waals surface area (Å²) in [7, 11) is 0. The first kappa shape index (κ1) is 13.1. The molecular formula is C13H14N2O4. The van der Waals surface area contributed by atoms with Gasteiger partial charge in [0.2, 0.25) is 0 Å². The predicted octanol–water partition coefficient (Wildman–Crippen LogP) is 0.570. The van der Waals surface area contributed by atoms with Gasteiger partial charge in [-0.05, 0) is 19.4 Å². The summed E-state index contributed by atoms with van der Waals surface area (Å²) in [4.78, 5) is 34.2. The van der Waals surface area contributed by atoms with Gasteiger partial charge in [0.05, 0.1) is 0 Å². The third kappa shape index (κ3) is 3.31. The minimum absolute atomic E-state index is 0.151. The third-order valence-electron chi connectivity index (χ3n) is 2.78. The minimum Gasteiger partial charge on any atom is -0.446 e. The van der Waals surface area contributed by atoms with Crippen molar-refractivity contribution < 1.29 is 19.1 Å². The molecule has 0 radical (unpaired) electrons. The SMILES string of the molecule is CC1=CC=C(C(=O)NC2COC(=O)NC2=O)C=CC1. The van der Waals surface area contributed by atoms with Gasteiger partial charge in [0.15, 0.2) is 0 Å². The van der Waals surface area contributed by atoms with Crippen molar-refractivity contribution in [3.05, 3.63) is 35.5 Å². The van der Waals surface area contributed by atoms with Gasteiger partial charge in [0, 0.05) is 5.57 Å². The van der Waals surface area contributed by atoms with Crippen molar-refractivity contribution in [1.82, 2.24) is 10.6 Å². The van der Waals surface area contributed by atoms with Gasteiger partial charge in [0.25, 0.3) is 11.8 Å². The molecule has 2 aliphatic rings. The van der Waals surface area contributed by atoms with Crippen LogP contribution in [0.4, 0.5) is 4.79 Å². The zero-order valence-corrected chi connectivity index (χ0v) is 10.4. The number of alkyl carbamates (subject to hydrolysis) is 1. The number of carbonyl (C=O) groups excluding carboxylic acids is 3. The highest BCUT2D eigenvalue weighted by molar-refractivity contribution is 6.02. The highest BCUT2D eigenvalue weighted by atomic mass is 16.6. The van der Waals surface area contributed by atoms with Crippen LogP contribution >= 0.6 is 0 Å². The van der Waals surface area contributed by atoms with Gasteiger partial charge in [-0.25, -0.2) is 4.79 Å². The van der Waals surface area contributed by atoms with E-state index in [2.05, 4.69) is 10.1 Å². The summed E-state index contributed by atoms with van der Waals surface area (Å²) in [5, 5.41) is 4.52. The molecule has 0 aromatic carbocycles. The first-order valence-corrected chi connectivity index (χ1v) is 5.89. The molecule has 1 aliphatic carbocycles. The molecule has 6 nitrogen and oxygen atoms in total. The van der Waals surface area contributed by atoms with Crippen LogP contribution in [-0.2, 0) is 14.3 Å². The number of hydrogen-bond donors (Lipinski definition) is 2. The lowest BCUT2D eigenvalue weighted by atomic mass is 10.2. The quantitative estimate of drug-likeness (QED) is 0.762. The number of imide groups is 1. The van der Waals surface area contributed by atoms with E-state index in [9.17, 15) is 14.4 Å². The van der Waals surface area contributed by atoms with E-state index in [4.69, 9.17) is 0 Å². The Morgan fingerprint density at radius 2 is 2.21 bits per heavy atom. The fourth-order valence-corrected chi connectivity index (χ4v) is 1.69. The maximum atomic E-state index is 12.0. The van der Waals surface area contributed by atoms with Gasteiger partial charge in [-0.1, -0.05) is 23.8 Å². The highest BCUT2D eigenvalue weighted by Gasteiger charge is 2.29. The van der Waals surface area contributed by atoms with E-state index in [1.807, 2.05) is 24.4 Å². The first-order chi connectivity index (χ1) is 9.06. The lowest BCUT2D eigenvalue weighted by Crippen LogP contribution is -2.55. The monoisotopic (exact) mass is 262 g/mol. The molecular weight excluding hydrogens is 248 g/mol. The summed E-state index contributed by atoms with van der Waals surface area (Å²) in [5.74, 6) is -0.935. The molecule has 6 heteroatoms. The number of allylic oxidation sites excluding steroid dienone is 4. The first-order valence-electron chi connectivity index (χ1n) is 5.89. The number of cyclic esters (lactones) is 1. The van der Waals surface area contributed by atoms with Crippen LogP contribution in [0.25, 0.3) is 0 Å². The summed E-state index contributed by atoms with van der Waals surface area (Å²) in [5.41, 5.74) is 1.60. The zero-order chi connectivity index (χ0) is 13.8. The molecule has 0 saturated carbocycles. The van der Waals surface area contributed by atoms with Crippen LogP contribution in [-0.4, -0.2) is 30.6 Å². The van der Waals surface area contributed by atoms with Crippen molar-refractivity contribution in [3.8, 4) is 0 Å². The Morgan fingerprint density at radius 1 is 1.42 bits per heavy atom. The Morgan fingerprint density at radius 3 is 2.95 bits per heavy atom. The van der Waals surface area contributed by atoms with E-state index >= 15 is 0 Å². The highest BCUT2D eigenvalue weighted by Crippen LogP contribution is 2.11. The lowest BCUT2D eigenvalue weighted by Gasteiger charge is -2.22. The van der Waals surface area contributed by atoms with Crippen LogP contribution < -0.4 is 10.6 Å². The van der Waals surface area contributed by atoms with Crippen LogP contribution in [0.2, 0.25) is 0 Å². The molecule has 19 heavy (non-hydrogen) atoms. The zero-order valence-electron chi connectivity index (χ0n) is 10.4. The average molecular weight is 262 g/mol. The predicted molar refractivity (Wildman–Crippen MR) is 67.0 cm³/mol. The van der Waals surface area contributed by atoms with Crippen molar-refractivity contribution in [2.45, 2.75) is 19.4 Å². The van der Waals surface area contributed by atoms with Crippen molar-refractivity contribution in [2.24, 2.45) is 0 Å². The summed E-state index contributed by atoms with van der Waals surface area (Å²) >= 11 is 0. The standard InChI is InChI=1S/C13H14N2O4/c1-8-3-2-4-9(6-5-8)11(16)14-10-7-19-13(18)15-12(10)17/h2,4-6,10H,3,7H2,1H3,(H,14,16)(H,15,17,18). The van der Waals surface area contributed by atoms with E-state index in [1.165, 1.54) is 0 Å². The Hall–Kier alpha value is -2.37. The molecule has 0 aromatic heterocycles. The van der Waals surface area contributed by atoms with Crippen molar-refractivity contribution in [2.75, 3.05) is 6.61 Å². The molecule has 1 atom stereocenters. The van der Waals surface area contributed by atoms with Gasteiger partial charge < -0.3 is 10.1 Å². The lowest BCUT2D eigenvalue weighted by molar-refractivity contribution is -0.129. The summed E-state index contributed by atoms with van der Waals surface area (Å²) in [6, 6.07) is -0.854.